The van der Waals surface area contributed by atoms with E-state index in [2.05, 4.69) is 0 Å². The number of carboxylic acids is 1. The first-order valence-electron chi connectivity index (χ1n) is 7.11. The lowest BCUT2D eigenvalue weighted by Gasteiger charge is -2.14. The second-order valence-electron chi connectivity index (χ2n) is 5.32. The topological polar surface area (TPSA) is 57.5 Å². The number of carbonyl (C=O) groups is 1. The third-order valence-corrected chi connectivity index (χ3v) is 3.79. The molecule has 3 heteroatoms. The largest absolute Gasteiger partial charge is 0.481 e. The lowest BCUT2D eigenvalue weighted by Crippen LogP contribution is -2.17. The summed E-state index contributed by atoms with van der Waals surface area (Å²) in [7, 11) is 0. The Bertz CT molecular complexity index is 216. The highest BCUT2D eigenvalue weighted by molar-refractivity contribution is 5.69. The third kappa shape index (κ3) is 6.67. The van der Waals surface area contributed by atoms with Gasteiger partial charge in [0.2, 0.25) is 0 Å². The molecule has 17 heavy (non-hydrogen) atoms. The van der Waals surface area contributed by atoms with Crippen molar-refractivity contribution in [1.82, 2.24) is 0 Å². The molecule has 100 valence electrons. The van der Waals surface area contributed by atoms with Crippen molar-refractivity contribution in [2.24, 2.45) is 5.92 Å². The number of rotatable bonds is 1. The van der Waals surface area contributed by atoms with Crippen LogP contribution in [0.5, 0.6) is 0 Å². The fourth-order valence-electron chi connectivity index (χ4n) is 2.58. The number of aliphatic hydroxyl groups is 1. The van der Waals surface area contributed by atoms with Crippen molar-refractivity contribution in [2.45, 2.75) is 76.7 Å². The first-order chi connectivity index (χ1) is 8.20. The molecule has 1 aliphatic carbocycles. The molecule has 2 unspecified atom stereocenters. The number of hydrogen-bond donors (Lipinski definition) is 2. The quantitative estimate of drug-likeness (QED) is 0.741. The van der Waals surface area contributed by atoms with E-state index in [0.29, 0.717) is 12.8 Å². The molecule has 0 bridgehead atoms. The van der Waals surface area contributed by atoms with E-state index in [0.717, 1.165) is 32.1 Å². The molecule has 1 fully saturated rings. The molecule has 0 heterocycles. The summed E-state index contributed by atoms with van der Waals surface area (Å²) in [4.78, 5) is 11.1. The third-order valence-electron chi connectivity index (χ3n) is 3.79. The summed E-state index contributed by atoms with van der Waals surface area (Å²) in [6, 6.07) is 0. The molecule has 1 aliphatic rings. The van der Waals surface area contributed by atoms with E-state index in [1.165, 1.54) is 25.7 Å². The first kappa shape index (κ1) is 14.5. The minimum Gasteiger partial charge on any atom is -0.481 e. The maximum Gasteiger partial charge on any atom is 0.306 e. The predicted octanol–water partition coefficient (Wildman–Crippen LogP) is 3.35. The van der Waals surface area contributed by atoms with Crippen LogP contribution in [0.25, 0.3) is 0 Å². The van der Waals surface area contributed by atoms with Crippen LogP contribution >= 0.6 is 0 Å². The normalized spacial score (nSPS) is 29.7. The smallest absolute Gasteiger partial charge is 0.306 e. The molecule has 0 amide bonds. The zero-order valence-corrected chi connectivity index (χ0v) is 10.7. The summed E-state index contributed by atoms with van der Waals surface area (Å²) >= 11 is 0. The number of aliphatic hydroxyl groups excluding tert-OH is 1. The van der Waals surface area contributed by atoms with Gasteiger partial charge in [0.25, 0.3) is 0 Å². The summed E-state index contributed by atoms with van der Waals surface area (Å²) in [5.41, 5.74) is 0. The van der Waals surface area contributed by atoms with Crippen LogP contribution in [0.2, 0.25) is 0 Å². The van der Waals surface area contributed by atoms with Gasteiger partial charge in [0.15, 0.2) is 0 Å². The van der Waals surface area contributed by atoms with Crippen molar-refractivity contribution >= 4 is 5.97 Å². The van der Waals surface area contributed by atoms with E-state index >= 15 is 0 Å². The highest BCUT2D eigenvalue weighted by Gasteiger charge is 2.18. The molecule has 1 saturated carbocycles. The van der Waals surface area contributed by atoms with Crippen molar-refractivity contribution in [3.63, 3.8) is 0 Å². The number of aliphatic carboxylic acids is 1. The molecule has 2 atom stereocenters. The van der Waals surface area contributed by atoms with Crippen molar-refractivity contribution in [2.75, 3.05) is 0 Å². The van der Waals surface area contributed by atoms with Crippen LogP contribution in [0, 0.1) is 5.92 Å². The molecule has 0 aromatic rings. The molecule has 0 radical (unpaired) electrons. The number of hydrogen-bond acceptors (Lipinski definition) is 2. The van der Waals surface area contributed by atoms with Crippen LogP contribution in [-0.2, 0) is 4.79 Å². The molecule has 0 aliphatic heterocycles. The Balaban J connectivity index is 2.39. The lowest BCUT2D eigenvalue weighted by molar-refractivity contribution is -0.142. The molecule has 0 saturated heterocycles. The summed E-state index contributed by atoms with van der Waals surface area (Å²) in [5, 5.41) is 18.9. The van der Waals surface area contributed by atoms with Crippen LogP contribution in [0.4, 0.5) is 0 Å². The maximum atomic E-state index is 11.1. The summed E-state index contributed by atoms with van der Waals surface area (Å²) in [6.07, 6.45) is 10.8. The standard InChI is InChI=1S/C14H26O3/c15-13-9-7-5-3-1-2-4-6-8-12(10-11-13)14(16)17/h12-13,15H,1-11H2,(H,16,17). The monoisotopic (exact) mass is 242 g/mol. The van der Waals surface area contributed by atoms with Gasteiger partial charge in [-0.25, -0.2) is 0 Å². The average Bonchev–Trinajstić information content (AvgIpc) is 2.31. The van der Waals surface area contributed by atoms with E-state index in [4.69, 9.17) is 5.11 Å². The van der Waals surface area contributed by atoms with E-state index in [9.17, 15) is 9.90 Å². The fourth-order valence-corrected chi connectivity index (χ4v) is 2.58. The summed E-state index contributed by atoms with van der Waals surface area (Å²) in [5.74, 6) is -0.933. The molecular formula is C14H26O3. The van der Waals surface area contributed by atoms with E-state index in [1.54, 1.807) is 0 Å². The van der Waals surface area contributed by atoms with Crippen LogP contribution in [-0.4, -0.2) is 22.3 Å². The van der Waals surface area contributed by atoms with Crippen molar-refractivity contribution in [1.29, 1.82) is 0 Å². The Morgan fingerprint density at radius 1 is 0.765 bits per heavy atom. The van der Waals surface area contributed by atoms with Crippen LogP contribution < -0.4 is 0 Å². The maximum absolute atomic E-state index is 11.1. The van der Waals surface area contributed by atoms with Crippen LogP contribution in [0.1, 0.15) is 70.6 Å². The van der Waals surface area contributed by atoms with E-state index < -0.39 is 5.97 Å². The van der Waals surface area contributed by atoms with Gasteiger partial charge in [-0.15, -0.1) is 0 Å². The van der Waals surface area contributed by atoms with Crippen molar-refractivity contribution in [3.8, 4) is 0 Å². The SMILES string of the molecule is O=C(O)C1CCCCCCCCCC(O)CC1. The van der Waals surface area contributed by atoms with Gasteiger partial charge in [-0.05, 0) is 25.7 Å². The lowest BCUT2D eigenvalue weighted by atomic mass is 9.94. The van der Waals surface area contributed by atoms with Crippen LogP contribution in [0.15, 0.2) is 0 Å². The Morgan fingerprint density at radius 3 is 1.88 bits per heavy atom. The molecule has 0 aromatic heterocycles. The molecular weight excluding hydrogens is 216 g/mol. The molecule has 2 N–H and O–H groups in total. The van der Waals surface area contributed by atoms with Gasteiger partial charge >= 0.3 is 5.97 Å². The molecule has 1 rings (SSSR count). The fraction of sp³-hybridized carbons (Fsp3) is 0.929. The Morgan fingerprint density at radius 2 is 1.29 bits per heavy atom. The first-order valence-corrected chi connectivity index (χ1v) is 7.11. The summed E-state index contributed by atoms with van der Waals surface area (Å²) in [6.45, 7) is 0. The Kier molecular flexibility index (Phi) is 7.25. The van der Waals surface area contributed by atoms with Gasteiger partial charge in [-0.2, -0.15) is 0 Å². The summed E-state index contributed by atoms with van der Waals surface area (Å²) < 4.78 is 0. The van der Waals surface area contributed by atoms with E-state index in [-0.39, 0.29) is 12.0 Å². The zero-order chi connectivity index (χ0) is 12.5. The Hall–Kier alpha value is -0.570. The second kappa shape index (κ2) is 8.51. The Labute approximate surface area is 104 Å². The molecule has 3 nitrogen and oxygen atoms in total. The van der Waals surface area contributed by atoms with Gasteiger partial charge in [0.05, 0.1) is 12.0 Å². The van der Waals surface area contributed by atoms with Gasteiger partial charge in [-0.3, -0.25) is 4.79 Å². The van der Waals surface area contributed by atoms with Gasteiger partial charge in [0.1, 0.15) is 0 Å². The van der Waals surface area contributed by atoms with Crippen molar-refractivity contribution < 1.29 is 15.0 Å². The highest BCUT2D eigenvalue weighted by atomic mass is 16.4. The van der Waals surface area contributed by atoms with Gasteiger partial charge in [0, 0.05) is 0 Å². The van der Waals surface area contributed by atoms with Gasteiger partial charge < -0.3 is 10.2 Å². The molecule has 0 spiro atoms. The van der Waals surface area contributed by atoms with Crippen molar-refractivity contribution in [3.05, 3.63) is 0 Å². The van der Waals surface area contributed by atoms with E-state index in [1.807, 2.05) is 0 Å². The number of carboxylic acid groups (broad SMARTS) is 1. The minimum absolute atomic E-state index is 0.245. The zero-order valence-electron chi connectivity index (χ0n) is 10.7. The van der Waals surface area contributed by atoms with Crippen LogP contribution in [0.3, 0.4) is 0 Å². The highest BCUT2D eigenvalue weighted by Crippen LogP contribution is 2.21. The molecule has 0 aromatic carbocycles. The average molecular weight is 242 g/mol. The second-order valence-corrected chi connectivity index (χ2v) is 5.32. The minimum atomic E-state index is -0.688. The predicted molar refractivity (Wildman–Crippen MR) is 67.9 cm³/mol. The van der Waals surface area contributed by atoms with Gasteiger partial charge in [-0.1, -0.05) is 44.9 Å².